The van der Waals surface area contributed by atoms with Gasteiger partial charge >= 0.3 is 0 Å². The van der Waals surface area contributed by atoms with Crippen LogP contribution in [0.1, 0.15) is 47.2 Å². The number of aromatic nitrogens is 1. The van der Waals surface area contributed by atoms with E-state index in [0.29, 0.717) is 12.8 Å². The number of amides is 1. The van der Waals surface area contributed by atoms with Crippen LogP contribution in [0.2, 0.25) is 0 Å². The van der Waals surface area contributed by atoms with Crippen LogP contribution >= 0.6 is 0 Å². The van der Waals surface area contributed by atoms with Crippen molar-refractivity contribution in [3.63, 3.8) is 0 Å². The zero-order valence-corrected chi connectivity index (χ0v) is 16.4. The standard InChI is InChI=1S/C23H26N2O2/c1-15-6-5-7-19(13-15)23-20(14-27-25-23)9-11-22(26)24-18(4)21-10-8-16(2)12-17(21)3/h5-8,10,12-14,18H,9,11H2,1-4H3,(H,24,26)/t18-/m0/s1. The van der Waals surface area contributed by atoms with E-state index in [0.717, 1.165) is 22.4 Å². The molecule has 0 fully saturated rings. The number of rotatable bonds is 6. The molecule has 0 aliphatic rings. The minimum Gasteiger partial charge on any atom is -0.364 e. The van der Waals surface area contributed by atoms with Crippen molar-refractivity contribution in [2.24, 2.45) is 0 Å². The second kappa shape index (κ2) is 8.21. The Morgan fingerprint density at radius 3 is 2.63 bits per heavy atom. The average molecular weight is 362 g/mol. The van der Waals surface area contributed by atoms with Crippen LogP contribution in [-0.4, -0.2) is 11.1 Å². The third kappa shape index (κ3) is 4.64. The quantitative estimate of drug-likeness (QED) is 0.665. The largest absolute Gasteiger partial charge is 0.364 e. The Morgan fingerprint density at radius 1 is 1.11 bits per heavy atom. The summed E-state index contributed by atoms with van der Waals surface area (Å²) in [6.07, 6.45) is 2.63. The number of benzene rings is 2. The molecule has 1 amide bonds. The van der Waals surface area contributed by atoms with Gasteiger partial charge in [0.1, 0.15) is 12.0 Å². The van der Waals surface area contributed by atoms with Gasteiger partial charge in [0.05, 0.1) is 6.04 Å². The van der Waals surface area contributed by atoms with Gasteiger partial charge in [-0.3, -0.25) is 4.79 Å². The van der Waals surface area contributed by atoms with Gasteiger partial charge in [0, 0.05) is 17.5 Å². The van der Waals surface area contributed by atoms with E-state index < -0.39 is 0 Å². The number of aryl methyl sites for hydroxylation is 4. The minimum atomic E-state index is -0.0168. The van der Waals surface area contributed by atoms with Crippen molar-refractivity contribution in [3.8, 4) is 11.3 Å². The van der Waals surface area contributed by atoms with Crippen LogP contribution in [-0.2, 0) is 11.2 Å². The highest BCUT2D eigenvalue weighted by Crippen LogP contribution is 2.24. The Hall–Kier alpha value is -2.88. The monoisotopic (exact) mass is 362 g/mol. The van der Waals surface area contributed by atoms with Crippen LogP contribution < -0.4 is 5.32 Å². The van der Waals surface area contributed by atoms with Gasteiger partial charge in [-0.05, 0) is 51.3 Å². The lowest BCUT2D eigenvalue weighted by atomic mass is 10.00. The molecule has 0 saturated heterocycles. The molecule has 0 saturated carbocycles. The molecule has 0 aliphatic heterocycles. The number of carbonyl (C=O) groups excluding carboxylic acids is 1. The molecule has 1 aromatic heterocycles. The summed E-state index contributed by atoms with van der Waals surface area (Å²) in [6, 6.07) is 14.4. The van der Waals surface area contributed by atoms with Gasteiger partial charge in [-0.15, -0.1) is 0 Å². The fourth-order valence-electron chi connectivity index (χ4n) is 3.42. The van der Waals surface area contributed by atoms with Crippen molar-refractivity contribution in [1.29, 1.82) is 0 Å². The predicted octanol–water partition coefficient (Wildman–Crippen LogP) is 5.08. The second-order valence-electron chi connectivity index (χ2n) is 7.21. The molecule has 1 atom stereocenters. The van der Waals surface area contributed by atoms with Gasteiger partial charge in [0.25, 0.3) is 0 Å². The van der Waals surface area contributed by atoms with E-state index in [9.17, 15) is 4.79 Å². The van der Waals surface area contributed by atoms with Crippen LogP contribution in [0.15, 0.2) is 53.3 Å². The summed E-state index contributed by atoms with van der Waals surface area (Å²) >= 11 is 0. The summed E-state index contributed by atoms with van der Waals surface area (Å²) in [6.45, 7) is 8.22. The molecule has 27 heavy (non-hydrogen) atoms. The van der Waals surface area contributed by atoms with E-state index >= 15 is 0 Å². The first-order valence-corrected chi connectivity index (χ1v) is 9.31. The molecule has 3 rings (SSSR count). The molecule has 3 aromatic rings. The first-order chi connectivity index (χ1) is 12.9. The van der Waals surface area contributed by atoms with Crippen molar-refractivity contribution < 1.29 is 9.32 Å². The lowest BCUT2D eigenvalue weighted by Crippen LogP contribution is -2.27. The number of hydrogen-bond acceptors (Lipinski definition) is 3. The molecule has 0 unspecified atom stereocenters. The molecule has 4 nitrogen and oxygen atoms in total. The zero-order valence-electron chi connectivity index (χ0n) is 16.4. The molecular weight excluding hydrogens is 336 g/mol. The molecule has 140 valence electrons. The smallest absolute Gasteiger partial charge is 0.220 e. The summed E-state index contributed by atoms with van der Waals surface area (Å²) in [7, 11) is 0. The number of nitrogens with zero attached hydrogens (tertiary/aromatic N) is 1. The highest BCUT2D eigenvalue weighted by atomic mass is 16.5. The van der Waals surface area contributed by atoms with E-state index in [1.165, 1.54) is 16.7 Å². The highest BCUT2D eigenvalue weighted by Gasteiger charge is 2.15. The predicted molar refractivity (Wildman–Crippen MR) is 107 cm³/mol. The molecular formula is C23H26N2O2. The first kappa shape index (κ1) is 18.9. The summed E-state index contributed by atoms with van der Waals surface area (Å²) in [5.74, 6) is 0.0267. The number of nitrogens with one attached hydrogen (secondary N) is 1. The minimum absolute atomic E-state index is 0.0168. The molecule has 2 aromatic carbocycles. The van der Waals surface area contributed by atoms with Crippen LogP contribution in [0.4, 0.5) is 0 Å². The van der Waals surface area contributed by atoms with Gasteiger partial charge < -0.3 is 9.84 Å². The maximum Gasteiger partial charge on any atom is 0.220 e. The topological polar surface area (TPSA) is 55.1 Å². The molecule has 1 heterocycles. The van der Waals surface area contributed by atoms with Crippen molar-refractivity contribution in [2.75, 3.05) is 0 Å². The van der Waals surface area contributed by atoms with Gasteiger partial charge in [-0.2, -0.15) is 0 Å². The number of carbonyl (C=O) groups is 1. The van der Waals surface area contributed by atoms with Gasteiger partial charge in [0.15, 0.2) is 0 Å². The summed E-state index contributed by atoms with van der Waals surface area (Å²) in [5, 5.41) is 7.22. The van der Waals surface area contributed by atoms with Crippen molar-refractivity contribution >= 4 is 5.91 Å². The Balaban J connectivity index is 1.62. The molecule has 1 N–H and O–H groups in total. The SMILES string of the molecule is Cc1cccc(-c2nocc2CCC(=O)N[C@@H](C)c2ccc(C)cc2C)c1. The Labute approximate surface area is 160 Å². The van der Waals surface area contributed by atoms with Crippen molar-refractivity contribution in [1.82, 2.24) is 10.5 Å². The van der Waals surface area contributed by atoms with E-state index in [2.05, 4.69) is 48.6 Å². The lowest BCUT2D eigenvalue weighted by molar-refractivity contribution is -0.121. The Kier molecular flexibility index (Phi) is 5.75. The highest BCUT2D eigenvalue weighted by molar-refractivity contribution is 5.77. The van der Waals surface area contributed by atoms with Crippen LogP contribution in [0, 0.1) is 20.8 Å². The summed E-state index contributed by atoms with van der Waals surface area (Å²) in [5.41, 5.74) is 7.53. The Morgan fingerprint density at radius 2 is 1.89 bits per heavy atom. The molecule has 0 radical (unpaired) electrons. The fourth-order valence-corrected chi connectivity index (χ4v) is 3.42. The lowest BCUT2D eigenvalue weighted by Gasteiger charge is -2.17. The van der Waals surface area contributed by atoms with Crippen molar-refractivity contribution in [3.05, 3.63) is 76.5 Å². The van der Waals surface area contributed by atoms with Crippen molar-refractivity contribution in [2.45, 2.75) is 46.6 Å². The summed E-state index contributed by atoms with van der Waals surface area (Å²) in [4.78, 5) is 12.4. The zero-order chi connectivity index (χ0) is 19.4. The maximum atomic E-state index is 12.4. The third-order valence-corrected chi connectivity index (χ3v) is 4.83. The molecule has 0 bridgehead atoms. The third-order valence-electron chi connectivity index (χ3n) is 4.83. The maximum absolute atomic E-state index is 12.4. The van der Waals surface area contributed by atoms with E-state index in [4.69, 9.17) is 4.52 Å². The van der Waals surface area contributed by atoms with Gasteiger partial charge in [-0.1, -0.05) is 52.7 Å². The fraction of sp³-hybridized carbons (Fsp3) is 0.304. The van der Waals surface area contributed by atoms with E-state index in [1.54, 1.807) is 6.26 Å². The number of hydrogen-bond donors (Lipinski definition) is 1. The van der Waals surface area contributed by atoms with E-state index in [1.807, 2.05) is 32.0 Å². The summed E-state index contributed by atoms with van der Waals surface area (Å²) < 4.78 is 5.17. The molecule has 0 aliphatic carbocycles. The molecule has 4 heteroatoms. The Bertz CT molecular complexity index is 943. The van der Waals surface area contributed by atoms with E-state index in [-0.39, 0.29) is 11.9 Å². The van der Waals surface area contributed by atoms with Crippen LogP contribution in [0.25, 0.3) is 11.3 Å². The van der Waals surface area contributed by atoms with Gasteiger partial charge in [-0.25, -0.2) is 0 Å². The van der Waals surface area contributed by atoms with Gasteiger partial charge in [0.2, 0.25) is 5.91 Å². The normalized spacial score (nSPS) is 12.0. The van der Waals surface area contributed by atoms with Crippen LogP contribution in [0.3, 0.4) is 0 Å². The van der Waals surface area contributed by atoms with Crippen LogP contribution in [0.5, 0.6) is 0 Å². The average Bonchev–Trinajstić information content (AvgIpc) is 3.08. The second-order valence-corrected chi connectivity index (χ2v) is 7.21. The first-order valence-electron chi connectivity index (χ1n) is 9.31. The molecule has 0 spiro atoms.